The van der Waals surface area contributed by atoms with Crippen LogP contribution in [-0.2, 0) is 11.0 Å². The number of halogens is 3. The molecule has 4 aromatic rings. The molecular weight excluding hydrogens is 467 g/mol. The lowest BCUT2D eigenvalue weighted by atomic mass is 10.1. The maximum atomic E-state index is 13.2. The van der Waals surface area contributed by atoms with E-state index in [9.17, 15) is 22.8 Å². The molecule has 4 rings (SSSR count). The zero-order valence-corrected chi connectivity index (χ0v) is 18.6. The third kappa shape index (κ3) is 4.91. The fraction of sp³-hybridized carbons (Fsp3) is 0.125. The summed E-state index contributed by atoms with van der Waals surface area (Å²) in [6.07, 6.45) is -4.61. The molecule has 0 aliphatic rings. The van der Waals surface area contributed by atoms with E-state index >= 15 is 0 Å². The van der Waals surface area contributed by atoms with Gasteiger partial charge < -0.3 is 10.1 Å². The summed E-state index contributed by atoms with van der Waals surface area (Å²) >= 11 is 0.949. The van der Waals surface area contributed by atoms with Crippen LogP contribution < -0.4 is 15.6 Å². The van der Waals surface area contributed by atoms with Crippen molar-refractivity contribution in [1.82, 2.24) is 9.55 Å². The lowest BCUT2D eigenvalue weighted by Crippen LogP contribution is -2.23. The molecule has 1 aromatic heterocycles. The van der Waals surface area contributed by atoms with Crippen molar-refractivity contribution in [3.63, 3.8) is 0 Å². The number of amides is 1. The first-order chi connectivity index (χ1) is 16.3. The molecule has 1 amide bonds. The number of carbonyl (C=O) groups excluding carboxylic acids is 1. The number of thioether (sulfide) groups is 1. The lowest BCUT2D eigenvalue weighted by Gasteiger charge is -2.15. The number of benzene rings is 3. The molecule has 0 unspecified atom stereocenters. The Hall–Kier alpha value is -3.79. The topological polar surface area (TPSA) is 73.2 Å². The summed E-state index contributed by atoms with van der Waals surface area (Å²) in [4.78, 5) is 30.3. The summed E-state index contributed by atoms with van der Waals surface area (Å²) in [6, 6.07) is 18.3. The Balaban J connectivity index is 1.65. The average molecular weight is 485 g/mol. The predicted molar refractivity (Wildman–Crippen MR) is 125 cm³/mol. The van der Waals surface area contributed by atoms with Gasteiger partial charge in [-0.15, -0.1) is 0 Å². The van der Waals surface area contributed by atoms with E-state index in [0.29, 0.717) is 22.3 Å². The van der Waals surface area contributed by atoms with E-state index in [2.05, 4.69) is 10.3 Å². The van der Waals surface area contributed by atoms with Crippen LogP contribution in [0.25, 0.3) is 16.6 Å². The minimum absolute atomic E-state index is 0.230. The number of anilines is 1. The van der Waals surface area contributed by atoms with Crippen molar-refractivity contribution in [2.24, 2.45) is 0 Å². The Morgan fingerprint density at radius 3 is 2.41 bits per heavy atom. The van der Waals surface area contributed by atoms with Gasteiger partial charge in [-0.3, -0.25) is 14.2 Å². The number of para-hydroxylation sites is 2. The van der Waals surface area contributed by atoms with Crippen LogP contribution in [0.15, 0.2) is 82.7 Å². The molecule has 10 heteroatoms. The predicted octanol–water partition coefficient (Wildman–Crippen LogP) is 5.14. The molecule has 0 fully saturated rings. The Morgan fingerprint density at radius 1 is 1.03 bits per heavy atom. The molecule has 0 aliphatic heterocycles. The van der Waals surface area contributed by atoms with Crippen molar-refractivity contribution in [2.45, 2.75) is 11.3 Å². The number of hydrogen-bond donors (Lipinski definition) is 1. The van der Waals surface area contributed by atoms with Crippen LogP contribution in [-0.4, -0.2) is 28.3 Å². The smallest absolute Gasteiger partial charge is 0.418 e. The van der Waals surface area contributed by atoms with Crippen molar-refractivity contribution in [3.05, 3.63) is 88.7 Å². The first-order valence-corrected chi connectivity index (χ1v) is 11.0. The standard InChI is InChI=1S/C24H18F3N3O3S/c1-33-16-12-10-15(11-13-16)30-22(32)17-6-2-4-8-19(17)29-23(30)34-14-21(31)28-20-9-5-3-7-18(20)24(25,26)27/h2-13H,14H2,1H3,(H,28,31). The molecule has 0 radical (unpaired) electrons. The second-order valence-electron chi connectivity index (χ2n) is 7.13. The maximum Gasteiger partial charge on any atom is 0.418 e. The van der Waals surface area contributed by atoms with Gasteiger partial charge in [0.15, 0.2) is 5.16 Å². The molecule has 0 spiro atoms. The number of fused-ring (bicyclic) bond motifs is 1. The van der Waals surface area contributed by atoms with E-state index in [1.165, 1.54) is 29.9 Å². The van der Waals surface area contributed by atoms with E-state index in [1.807, 2.05) is 0 Å². The van der Waals surface area contributed by atoms with E-state index in [4.69, 9.17) is 4.74 Å². The van der Waals surface area contributed by atoms with E-state index < -0.39 is 17.6 Å². The number of ether oxygens (including phenoxy) is 1. The molecule has 3 aromatic carbocycles. The van der Waals surface area contributed by atoms with Gasteiger partial charge in [0.1, 0.15) is 5.75 Å². The molecule has 0 saturated carbocycles. The zero-order valence-electron chi connectivity index (χ0n) is 17.8. The van der Waals surface area contributed by atoms with Crippen molar-refractivity contribution in [3.8, 4) is 11.4 Å². The number of nitrogens with one attached hydrogen (secondary N) is 1. The fourth-order valence-corrected chi connectivity index (χ4v) is 4.14. The first-order valence-electron chi connectivity index (χ1n) is 10.0. The Labute approximate surface area is 196 Å². The number of hydrogen-bond acceptors (Lipinski definition) is 5. The first kappa shape index (κ1) is 23.4. The number of carbonyl (C=O) groups is 1. The van der Waals surface area contributed by atoms with Gasteiger partial charge in [-0.05, 0) is 48.5 Å². The molecule has 34 heavy (non-hydrogen) atoms. The van der Waals surface area contributed by atoms with Gasteiger partial charge in [0.05, 0.1) is 40.7 Å². The molecule has 1 heterocycles. The van der Waals surface area contributed by atoms with Crippen LogP contribution >= 0.6 is 11.8 Å². The molecule has 0 atom stereocenters. The van der Waals surface area contributed by atoms with Crippen molar-refractivity contribution in [1.29, 1.82) is 0 Å². The number of alkyl halides is 3. The molecular formula is C24H18F3N3O3S. The van der Waals surface area contributed by atoms with Gasteiger partial charge >= 0.3 is 6.18 Å². The molecule has 0 bridgehead atoms. The van der Waals surface area contributed by atoms with Gasteiger partial charge in [-0.1, -0.05) is 36.0 Å². The second kappa shape index (κ2) is 9.60. The number of nitrogens with zero attached hydrogens (tertiary/aromatic N) is 2. The maximum absolute atomic E-state index is 13.2. The Bertz CT molecular complexity index is 1400. The van der Waals surface area contributed by atoms with Gasteiger partial charge in [0, 0.05) is 0 Å². The highest BCUT2D eigenvalue weighted by molar-refractivity contribution is 7.99. The summed E-state index contributed by atoms with van der Waals surface area (Å²) < 4.78 is 46.2. The van der Waals surface area contributed by atoms with Crippen molar-refractivity contribution in [2.75, 3.05) is 18.2 Å². The minimum Gasteiger partial charge on any atom is -0.497 e. The third-order valence-corrected chi connectivity index (χ3v) is 5.85. The van der Waals surface area contributed by atoms with E-state index in [-0.39, 0.29) is 22.2 Å². The zero-order chi connectivity index (χ0) is 24.3. The molecule has 1 N–H and O–H groups in total. The second-order valence-corrected chi connectivity index (χ2v) is 8.07. The summed E-state index contributed by atoms with van der Waals surface area (Å²) in [7, 11) is 1.52. The highest BCUT2D eigenvalue weighted by Crippen LogP contribution is 2.34. The summed E-state index contributed by atoms with van der Waals surface area (Å²) in [5.41, 5.74) is -0.648. The molecule has 174 valence electrons. The van der Waals surface area contributed by atoms with Crippen molar-refractivity contribution >= 4 is 34.3 Å². The van der Waals surface area contributed by atoms with Crippen LogP contribution in [0.3, 0.4) is 0 Å². The van der Waals surface area contributed by atoms with Crippen LogP contribution in [0.4, 0.5) is 18.9 Å². The minimum atomic E-state index is -4.61. The number of aromatic nitrogens is 2. The van der Waals surface area contributed by atoms with Crippen LogP contribution in [0.1, 0.15) is 5.56 Å². The van der Waals surface area contributed by atoms with Gasteiger partial charge in [0.2, 0.25) is 5.91 Å². The number of methoxy groups -OCH3 is 1. The van der Waals surface area contributed by atoms with E-state index in [0.717, 1.165) is 17.8 Å². The lowest BCUT2D eigenvalue weighted by molar-refractivity contribution is -0.137. The molecule has 6 nitrogen and oxygen atoms in total. The molecule has 0 saturated heterocycles. The van der Waals surface area contributed by atoms with Crippen LogP contribution in [0.2, 0.25) is 0 Å². The largest absolute Gasteiger partial charge is 0.497 e. The van der Waals surface area contributed by atoms with Crippen LogP contribution in [0, 0.1) is 0 Å². The number of rotatable bonds is 6. The quantitative estimate of drug-likeness (QED) is 0.302. The highest BCUT2D eigenvalue weighted by Gasteiger charge is 2.33. The Morgan fingerprint density at radius 2 is 1.71 bits per heavy atom. The highest BCUT2D eigenvalue weighted by atomic mass is 32.2. The van der Waals surface area contributed by atoms with Gasteiger partial charge in [0.25, 0.3) is 5.56 Å². The Kier molecular flexibility index (Phi) is 6.60. The average Bonchev–Trinajstić information content (AvgIpc) is 2.83. The van der Waals surface area contributed by atoms with Gasteiger partial charge in [-0.25, -0.2) is 4.98 Å². The normalized spacial score (nSPS) is 11.4. The third-order valence-electron chi connectivity index (χ3n) is 4.91. The summed E-state index contributed by atoms with van der Waals surface area (Å²) in [5, 5.41) is 2.93. The monoisotopic (exact) mass is 485 g/mol. The molecule has 0 aliphatic carbocycles. The van der Waals surface area contributed by atoms with Gasteiger partial charge in [-0.2, -0.15) is 13.2 Å². The summed E-state index contributed by atoms with van der Waals surface area (Å²) in [5.74, 6) is -0.319. The van der Waals surface area contributed by atoms with E-state index in [1.54, 1.807) is 48.5 Å². The SMILES string of the molecule is COc1ccc(-n2c(SCC(=O)Nc3ccccc3C(F)(F)F)nc3ccccc3c2=O)cc1. The summed E-state index contributed by atoms with van der Waals surface area (Å²) in [6.45, 7) is 0. The van der Waals surface area contributed by atoms with Crippen LogP contribution in [0.5, 0.6) is 5.75 Å². The fourth-order valence-electron chi connectivity index (χ4n) is 3.32. The van der Waals surface area contributed by atoms with Crippen molar-refractivity contribution < 1.29 is 22.7 Å².